The zero-order chi connectivity index (χ0) is 13.7. The summed E-state index contributed by atoms with van der Waals surface area (Å²) < 4.78 is 4.13. The summed E-state index contributed by atoms with van der Waals surface area (Å²) in [5, 5.41) is 14.1. The lowest BCUT2D eigenvalue weighted by molar-refractivity contribution is 1.24. The van der Waals surface area contributed by atoms with E-state index in [0.29, 0.717) is 26.4 Å². The van der Waals surface area contributed by atoms with Crippen LogP contribution in [0.15, 0.2) is 34.4 Å². The van der Waals surface area contributed by atoms with Gasteiger partial charge in [-0.15, -0.1) is 0 Å². The number of aromatic nitrogens is 1. The zero-order valence-corrected chi connectivity index (χ0v) is 11.8. The highest BCUT2D eigenvalue weighted by Crippen LogP contribution is 2.34. The molecule has 0 saturated heterocycles. The number of benzene rings is 1. The SMILES string of the molecule is N#Cc1c(SCc2ccc(Cl)cc2)nsc1N=[N+]=[N-]. The van der Waals surface area contributed by atoms with E-state index in [2.05, 4.69) is 14.4 Å². The molecule has 1 aromatic heterocycles. The van der Waals surface area contributed by atoms with Crippen LogP contribution in [0.3, 0.4) is 0 Å². The lowest BCUT2D eigenvalue weighted by Gasteiger charge is -1.99. The number of azide groups is 1. The molecule has 0 unspecified atom stereocenters. The van der Waals surface area contributed by atoms with Gasteiger partial charge in [-0.1, -0.05) is 35.5 Å². The van der Waals surface area contributed by atoms with Crippen LogP contribution < -0.4 is 0 Å². The third kappa shape index (κ3) is 3.40. The summed E-state index contributed by atoms with van der Waals surface area (Å²) in [7, 11) is 0. The molecule has 0 N–H and O–H groups in total. The van der Waals surface area contributed by atoms with Gasteiger partial charge in [-0.2, -0.15) is 9.64 Å². The van der Waals surface area contributed by atoms with Crippen LogP contribution in [0.5, 0.6) is 0 Å². The minimum absolute atomic E-state index is 0.309. The third-order valence-electron chi connectivity index (χ3n) is 2.18. The van der Waals surface area contributed by atoms with Gasteiger partial charge in [0.2, 0.25) is 0 Å². The highest BCUT2D eigenvalue weighted by Gasteiger charge is 2.12. The standard InChI is InChI=1S/C11H6ClN5S2/c12-8-3-1-7(2-4-8)6-18-11-9(5-13)10(15-17-14)19-16-11/h1-4H,6H2. The summed E-state index contributed by atoms with van der Waals surface area (Å²) in [5.41, 5.74) is 9.81. The van der Waals surface area contributed by atoms with Gasteiger partial charge in [0.25, 0.3) is 0 Å². The minimum atomic E-state index is 0.309. The van der Waals surface area contributed by atoms with Crippen LogP contribution in [0.4, 0.5) is 5.00 Å². The normalized spacial score (nSPS) is 9.68. The highest BCUT2D eigenvalue weighted by atomic mass is 35.5. The molecule has 0 spiro atoms. The predicted octanol–water partition coefficient (Wildman–Crippen LogP) is 4.90. The van der Waals surface area contributed by atoms with Crippen LogP contribution in [0, 0.1) is 11.3 Å². The van der Waals surface area contributed by atoms with E-state index in [9.17, 15) is 0 Å². The van der Waals surface area contributed by atoms with Gasteiger partial charge in [-0.3, -0.25) is 0 Å². The summed E-state index contributed by atoms with van der Waals surface area (Å²) in [4.78, 5) is 2.68. The van der Waals surface area contributed by atoms with Gasteiger partial charge in [-0.05, 0) is 39.9 Å². The van der Waals surface area contributed by atoms with Gasteiger partial charge in [0.1, 0.15) is 21.7 Å². The van der Waals surface area contributed by atoms with E-state index in [-0.39, 0.29) is 0 Å². The molecule has 5 nitrogen and oxygen atoms in total. The van der Waals surface area contributed by atoms with E-state index in [1.165, 1.54) is 11.8 Å². The number of thioether (sulfide) groups is 1. The molecule has 0 bridgehead atoms. The van der Waals surface area contributed by atoms with Gasteiger partial charge in [0.15, 0.2) is 0 Å². The highest BCUT2D eigenvalue weighted by molar-refractivity contribution is 7.98. The zero-order valence-electron chi connectivity index (χ0n) is 9.45. The first-order valence-electron chi connectivity index (χ1n) is 5.06. The molecule has 94 valence electrons. The smallest absolute Gasteiger partial charge is 0.130 e. The average molecular weight is 308 g/mol. The van der Waals surface area contributed by atoms with Crippen molar-refractivity contribution >= 4 is 39.9 Å². The van der Waals surface area contributed by atoms with Crippen LogP contribution in [0.1, 0.15) is 11.1 Å². The molecule has 0 fully saturated rings. The Morgan fingerprint density at radius 3 is 2.84 bits per heavy atom. The van der Waals surface area contributed by atoms with Crippen molar-refractivity contribution in [1.29, 1.82) is 5.26 Å². The van der Waals surface area contributed by atoms with Crippen LogP contribution in [-0.2, 0) is 5.75 Å². The van der Waals surface area contributed by atoms with Crippen molar-refractivity contribution in [3.05, 3.63) is 50.9 Å². The van der Waals surface area contributed by atoms with Crippen molar-refractivity contribution < 1.29 is 0 Å². The van der Waals surface area contributed by atoms with Crippen LogP contribution >= 0.6 is 34.9 Å². The molecular weight excluding hydrogens is 302 g/mol. The maximum atomic E-state index is 9.05. The van der Waals surface area contributed by atoms with E-state index in [1.54, 1.807) is 0 Å². The Bertz CT molecular complexity index is 667. The average Bonchev–Trinajstić information content (AvgIpc) is 2.81. The maximum Gasteiger partial charge on any atom is 0.130 e. The lowest BCUT2D eigenvalue weighted by Crippen LogP contribution is -1.82. The summed E-state index contributed by atoms with van der Waals surface area (Å²) in [6, 6.07) is 9.48. The van der Waals surface area contributed by atoms with E-state index in [4.69, 9.17) is 22.4 Å². The van der Waals surface area contributed by atoms with E-state index in [0.717, 1.165) is 17.1 Å². The summed E-state index contributed by atoms with van der Waals surface area (Å²) in [6.45, 7) is 0. The number of halogens is 1. The van der Waals surface area contributed by atoms with E-state index >= 15 is 0 Å². The van der Waals surface area contributed by atoms with Gasteiger partial charge < -0.3 is 0 Å². The van der Waals surface area contributed by atoms with Gasteiger partial charge in [-0.25, -0.2) is 0 Å². The number of hydrogen-bond acceptors (Lipinski definition) is 5. The molecule has 2 rings (SSSR count). The molecule has 1 heterocycles. The first kappa shape index (κ1) is 13.7. The second-order valence-corrected chi connectivity index (χ2v) is 5.54. The van der Waals surface area contributed by atoms with Crippen molar-refractivity contribution in [2.24, 2.45) is 5.11 Å². The molecule has 0 amide bonds. The van der Waals surface area contributed by atoms with Crippen molar-refractivity contribution in [2.75, 3.05) is 0 Å². The Balaban J connectivity index is 2.14. The van der Waals surface area contributed by atoms with Crippen LogP contribution in [0.2, 0.25) is 5.02 Å². The molecular formula is C11H6ClN5S2. The topological polar surface area (TPSA) is 85.4 Å². The largest absolute Gasteiger partial charge is 0.192 e. The van der Waals surface area contributed by atoms with Gasteiger partial charge in [0, 0.05) is 15.7 Å². The molecule has 8 heteroatoms. The Hall–Kier alpha value is -1.71. The Morgan fingerprint density at radius 2 is 2.21 bits per heavy atom. The summed E-state index contributed by atoms with van der Waals surface area (Å²) >= 11 is 8.26. The molecule has 2 aromatic rings. The van der Waals surface area contributed by atoms with Crippen LogP contribution in [0.25, 0.3) is 10.4 Å². The predicted molar refractivity (Wildman–Crippen MR) is 76.6 cm³/mol. The molecule has 0 aliphatic heterocycles. The Morgan fingerprint density at radius 1 is 1.47 bits per heavy atom. The molecule has 0 aliphatic rings. The molecule has 19 heavy (non-hydrogen) atoms. The monoisotopic (exact) mass is 307 g/mol. The summed E-state index contributed by atoms with van der Waals surface area (Å²) in [5.74, 6) is 0.672. The molecule has 0 saturated carbocycles. The Labute approximate surface area is 122 Å². The lowest BCUT2D eigenvalue weighted by atomic mass is 10.2. The molecule has 0 atom stereocenters. The fourth-order valence-electron chi connectivity index (χ4n) is 1.30. The number of nitriles is 1. The van der Waals surface area contributed by atoms with Crippen molar-refractivity contribution in [3.8, 4) is 6.07 Å². The second-order valence-electron chi connectivity index (χ2n) is 3.38. The van der Waals surface area contributed by atoms with Gasteiger partial charge in [0.05, 0.1) is 0 Å². The maximum absolute atomic E-state index is 9.05. The summed E-state index contributed by atoms with van der Waals surface area (Å²) in [6.07, 6.45) is 0. The van der Waals surface area contributed by atoms with Crippen molar-refractivity contribution in [2.45, 2.75) is 10.8 Å². The van der Waals surface area contributed by atoms with Crippen molar-refractivity contribution in [1.82, 2.24) is 4.37 Å². The van der Waals surface area contributed by atoms with Gasteiger partial charge >= 0.3 is 0 Å². The number of hydrogen-bond donors (Lipinski definition) is 0. The molecule has 0 aliphatic carbocycles. The number of rotatable bonds is 4. The first-order valence-corrected chi connectivity index (χ1v) is 7.20. The quantitative estimate of drug-likeness (QED) is 0.348. The molecule has 0 radical (unpaired) electrons. The second kappa shape index (κ2) is 6.45. The van der Waals surface area contributed by atoms with E-state index in [1.807, 2.05) is 30.3 Å². The van der Waals surface area contributed by atoms with E-state index < -0.39 is 0 Å². The fourth-order valence-corrected chi connectivity index (χ4v) is 3.17. The molecule has 1 aromatic carbocycles. The first-order chi connectivity index (χ1) is 9.24. The minimum Gasteiger partial charge on any atom is -0.192 e. The van der Waals surface area contributed by atoms with Crippen LogP contribution in [-0.4, -0.2) is 4.37 Å². The Kier molecular flexibility index (Phi) is 4.66. The fraction of sp³-hybridized carbons (Fsp3) is 0.0909. The van der Waals surface area contributed by atoms with Crippen molar-refractivity contribution in [3.63, 3.8) is 0 Å². The number of nitrogens with zero attached hydrogens (tertiary/aromatic N) is 5. The third-order valence-corrected chi connectivity index (χ3v) is 4.33.